The van der Waals surface area contributed by atoms with Gasteiger partial charge in [-0.3, -0.25) is 0 Å². The SMILES string of the molecule is CCOC(=O)c1ccc(CNc2ccc(F)cc2)o1. The zero-order valence-corrected chi connectivity index (χ0v) is 10.5. The van der Waals surface area contributed by atoms with Gasteiger partial charge in [0, 0.05) is 5.69 Å². The highest BCUT2D eigenvalue weighted by molar-refractivity contribution is 5.86. The van der Waals surface area contributed by atoms with Crippen molar-refractivity contribution in [2.75, 3.05) is 11.9 Å². The van der Waals surface area contributed by atoms with Crippen LogP contribution < -0.4 is 5.32 Å². The molecule has 0 unspecified atom stereocenters. The van der Waals surface area contributed by atoms with E-state index < -0.39 is 5.97 Å². The number of benzene rings is 1. The molecule has 0 fully saturated rings. The lowest BCUT2D eigenvalue weighted by atomic mass is 10.3. The molecule has 0 saturated heterocycles. The van der Waals surface area contributed by atoms with Gasteiger partial charge in [-0.2, -0.15) is 0 Å². The van der Waals surface area contributed by atoms with Crippen LogP contribution in [0.25, 0.3) is 0 Å². The maximum atomic E-state index is 12.7. The number of rotatable bonds is 5. The Kier molecular flexibility index (Phi) is 4.18. The van der Waals surface area contributed by atoms with Crippen LogP contribution in [0.5, 0.6) is 0 Å². The molecule has 2 aromatic rings. The van der Waals surface area contributed by atoms with Crippen molar-refractivity contribution in [3.63, 3.8) is 0 Å². The van der Waals surface area contributed by atoms with Crippen LogP contribution in [0.1, 0.15) is 23.2 Å². The maximum Gasteiger partial charge on any atom is 0.374 e. The van der Waals surface area contributed by atoms with Crippen LogP contribution in [0.2, 0.25) is 0 Å². The minimum absolute atomic E-state index is 0.178. The third-order valence-electron chi connectivity index (χ3n) is 2.45. The van der Waals surface area contributed by atoms with Gasteiger partial charge in [-0.1, -0.05) is 0 Å². The van der Waals surface area contributed by atoms with Crippen LogP contribution in [0.15, 0.2) is 40.8 Å². The number of furan rings is 1. The molecule has 0 aliphatic rings. The fourth-order valence-corrected chi connectivity index (χ4v) is 1.54. The van der Waals surface area contributed by atoms with Crippen molar-refractivity contribution in [2.45, 2.75) is 13.5 Å². The van der Waals surface area contributed by atoms with Crippen molar-refractivity contribution in [1.29, 1.82) is 0 Å². The molecule has 1 N–H and O–H groups in total. The van der Waals surface area contributed by atoms with Crippen molar-refractivity contribution in [3.8, 4) is 0 Å². The molecule has 0 radical (unpaired) electrons. The molecule has 1 heterocycles. The number of carbonyl (C=O) groups excluding carboxylic acids is 1. The van der Waals surface area contributed by atoms with E-state index in [0.29, 0.717) is 18.9 Å². The number of hydrogen-bond acceptors (Lipinski definition) is 4. The first-order chi connectivity index (χ1) is 9.19. The molecule has 19 heavy (non-hydrogen) atoms. The van der Waals surface area contributed by atoms with E-state index in [-0.39, 0.29) is 11.6 Å². The summed E-state index contributed by atoms with van der Waals surface area (Å²) in [5.41, 5.74) is 0.774. The summed E-state index contributed by atoms with van der Waals surface area (Å²) in [6, 6.07) is 9.26. The summed E-state index contributed by atoms with van der Waals surface area (Å²) in [6.07, 6.45) is 0. The zero-order chi connectivity index (χ0) is 13.7. The second-order valence-corrected chi connectivity index (χ2v) is 3.85. The molecular formula is C14H14FNO3. The van der Waals surface area contributed by atoms with E-state index in [2.05, 4.69) is 5.32 Å². The summed E-state index contributed by atoms with van der Waals surface area (Å²) in [4.78, 5) is 11.4. The van der Waals surface area contributed by atoms with E-state index in [1.807, 2.05) is 0 Å². The lowest BCUT2D eigenvalue weighted by Crippen LogP contribution is -2.03. The first kappa shape index (κ1) is 13.1. The largest absolute Gasteiger partial charge is 0.460 e. The highest BCUT2D eigenvalue weighted by Crippen LogP contribution is 2.13. The standard InChI is InChI=1S/C14H14FNO3/c1-2-18-14(17)13-8-7-12(19-13)9-16-11-5-3-10(15)4-6-11/h3-8,16H,2,9H2,1H3. The van der Waals surface area contributed by atoms with E-state index in [4.69, 9.17) is 9.15 Å². The number of halogens is 1. The average Bonchev–Trinajstić information content (AvgIpc) is 2.87. The molecule has 0 saturated carbocycles. The van der Waals surface area contributed by atoms with Gasteiger partial charge >= 0.3 is 5.97 Å². The molecule has 0 amide bonds. The molecule has 2 rings (SSSR count). The molecule has 1 aromatic carbocycles. The normalized spacial score (nSPS) is 10.2. The van der Waals surface area contributed by atoms with Crippen molar-refractivity contribution in [1.82, 2.24) is 0 Å². The number of ether oxygens (including phenoxy) is 1. The summed E-state index contributed by atoms with van der Waals surface area (Å²) >= 11 is 0. The Morgan fingerprint density at radius 3 is 2.68 bits per heavy atom. The number of esters is 1. The molecular weight excluding hydrogens is 249 g/mol. The summed E-state index contributed by atoms with van der Waals surface area (Å²) in [5, 5.41) is 3.06. The zero-order valence-electron chi connectivity index (χ0n) is 10.5. The lowest BCUT2D eigenvalue weighted by molar-refractivity contribution is 0.0488. The minimum Gasteiger partial charge on any atom is -0.460 e. The Bertz CT molecular complexity index is 548. The predicted molar refractivity (Wildman–Crippen MR) is 68.4 cm³/mol. The fraction of sp³-hybridized carbons (Fsp3) is 0.214. The molecule has 0 atom stereocenters. The van der Waals surface area contributed by atoms with Crippen molar-refractivity contribution >= 4 is 11.7 Å². The van der Waals surface area contributed by atoms with Crippen LogP contribution in [-0.4, -0.2) is 12.6 Å². The van der Waals surface area contributed by atoms with Gasteiger partial charge in [-0.25, -0.2) is 9.18 Å². The molecule has 100 valence electrons. The van der Waals surface area contributed by atoms with E-state index in [1.165, 1.54) is 12.1 Å². The van der Waals surface area contributed by atoms with Gasteiger partial charge in [0.25, 0.3) is 0 Å². The van der Waals surface area contributed by atoms with E-state index in [0.717, 1.165) is 5.69 Å². The Balaban J connectivity index is 1.93. The summed E-state index contributed by atoms with van der Waals surface area (Å²) in [7, 11) is 0. The monoisotopic (exact) mass is 263 g/mol. The van der Waals surface area contributed by atoms with Crippen molar-refractivity contribution < 1.29 is 18.3 Å². The van der Waals surface area contributed by atoms with Crippen LogP contribution in [0.4, 0.5) is 10.1 Å². The van der Waals surface area contributed by atoms with Gasteiger partial charge in [0.05, 0.1) is 13.2 Å². The van der Waals surface area contributed by atoms with Crippen LogP contribution >= 0.6 is 0 Å². The number of nitrogens with one attached hydrogen (secondary N) is 1. The molecule has 0 bridgehead atoms. The van der Waals surface area contributed by atoms with Crippen LogP contribution in [-0.2, 0) is 11.3 Å². The van der Waals surface area contributed by atoms with Gasteiger partial charge in [0.1, 0.15) is 11.6 Å². The molecule has 4 nitrogen and oxygen atoms in total. The first-order valence-electron chi connectivity index (χ1n) is 5.94. The molecule has 5 heteroatoms. The van der Waals surface area contributed by atoms with E-state index in [1.54, 1.807) is 31.2 Å². The topological polar surface area (TPSA) is 51.5 Å². The second kappa shape index (κ2) is 6.04. The second-order valence-electron chi connectivity index (χ2n) is 3.85. The maximum absolute atomic E-state index is 12.7. The fourth-order valence-electron chi connectivity index (χ4n) is 1.54. The number of hydrogen-bond donors (Lipinski definition) is 1. The van der Waals surface area contributed by atoms with Crippen LogP contribution in [0, 0.1) is 5.82 Å². The minimum atomic E-state index is -0.476. The highest BCUT2D eigenvalue weighted by atomic mass is 19.1. The third kappa shape index (κ3) is 3.58. The van der Waals surface area contributed by atoms with Crippen LogP contribution in [0.3, 0.4) is 0 Å². The Morgan fingerprint density at radius 1 is 1.26 bits per heavy atom. The quantitative estimate of drug-likeness (QED) is 0.841. The van der Waals surface area contributed by atoms with Gasteiger partial charge in [0.15, 0.2) is 0 Å². The highest BCUT2D eigenvalue weighted by Gasteiger charge is 2.11. The van der Waals surface area contributed by atoms with Gasteiger partial charge < -0.3 is 14.5 Å². The van der Waals surface area contributed by atoms with E-state index in [9.17, 15) is 9.18 Å². The molecule has 0 aliphatic carbocycles. The number of carbonyl (C=O) groups is 1. The molecule has 0 spiro atoms. The first-order valence-corrected chi connectivity index (χ1v) is 5.94. The van der Waals surface area contributed by atoms with Gasteiger partial charge in [0.2, 0.25) is 5.76 Å². The summed E-state index contributed by atoms with van der Waals surface area (Å²) < 4.78 is 22.9. The van der Waals surface area contributed by atoms with Crippen molar-refractivity contribution in [2.24, 2.45) is 0 Å². The molecule has 1 aromatic heterocycles. The summed E-state index contributed by atoms with van der Waals surface area (Å²) in [5.74, 6) is 0.0220. The van der Waals surface area contributed by atoms with Crippen molar-refractivity contribution in [3.05, 3.63) is 53.7 Å². The Labute approximate surface area is 110 Å². The number of anilines is 1. The Hall–Kier alpha value is -2.30. The third-order valence-corrected chi connectivity index (χ3v) is 2.45. The molecule has 0 aliphatic heterocycles. The van der Waals surface area contributed by atoms with Gasteiger partial charge in [-0.05, 0) is 43.3 Å². The predicted octanol–water partition coefficient (Wildman–Crippen LogP) is 3.21. The lowest BCUT2D eigenvalue weighted by Gasteiger charge is -2.03. The Morgan fingerprint density at radius 2 is 2.00 bits per heavy atom. The average molecular weight is 263 g/mol. The summed E-state index contributed by atoms with van der Waals surface area (Å²) in [6.45, 7) is 2.45. The smallest absolute Gasteiger partial charge is 0.374 e. The van der Waals surface area contributed by atoms with E-state index >= 15 is 0 Å². The van der Waals surface area contributed by atoms with Gasteiger partial charge in [-0.15, -0.1) is 0 Å².